The molecule has 4 heteroatoms. The zero-order valence-corrected chi connectivity index (χ0v) is 8.36. The van der Waals surface area contributed by atoms with E-state index in [9.17, 15) is 9.59 Å². The lowest BCUT2D eigenvalue weighted by molar-refractivity contribution is -0.122. The number of allylic oxidation sites excluding steroid dienone is 1. The molecular weight excluding hydrogens is 182 g/mol. The van der Waals surface area contributed by atoms with E-state index in [1.807, 2.05) is 0 Å². The largest absolute Gasteiger partial charge is 0.447 e. The van der Waals surface area contributed by atoms with Crippen molar-refractivity contribution in [3.05, 3.63) is 12.2 Å². The third-order valence-electron chi connectivity index (χ3n) is 2.01. The summed E-state index contributed by atoms with van der Waals surface area (Å²) in [5.41, 5.74) is 0. The van der Waals surface area contributed by atoms with E-state index in [-0.39, 0.29) is 5.91 Å². The molecule has 0 N–H and O–H groups in total. The highest BCUT2D eigenvalue weighted by molar-refractivity contribution is 5.99. The van der Waals surface area contributed by atoms with Crippen LogP contribution in [0.3, 0.4) is 0 Å². The molecule has 4 nitrogen and oxygen atoms in total. The SMILES string of the molecule is CCCC/C=C/C(=O)N1CCOC1=O. The Bertz CT molecular complexity index is 248. The van der Waals surface area contributed by atoms with Crippen molar-refractivity contribution < 1.29 is 14.3 Å². The van der Waals surface area contributed by atoms with Gasteiger partial charge in [0.05, 0.1) is 6.54 Å². The summed E-state index contributed by atoms with van der Waals surface area (Å²) >= 11 is 0. The lowest BCUT2D eigenvalue weighted by Gasteiger charge is -2.05. The zero-order valence-electron chi connectivity index (χ0n) is 8.36. The van der Waals surface area contributed by atoms with E-state index in [0.29, 0.717) is 13.2 Å². The van der Waals surface area contributed by atoms with Gasteiger partial charge in [-0.25, -0.2) is 9.69 Å². The fourth-order valence-corrected chi connectivity index (χ4v) is 1.19. The molecule has 0 aromatic heterocycles. The Kier molecular flexibility index (Phi) is 4.16. The molecule has 78 valence electrons. The van der Waals surface area contributed by atoms with E-state index in [0.717, 1.165) is 24.2 Å². The Morgan fingerprint density at radius 2 is 2.43 bits per heavy atom. The van der Waals surface area contributed by atoms with E-state index < -0.39 is 6.09 Å². The summed E-state index contributed by atoms with van der Waals surface area (Å²) in [5.74, 6) is -0.274. The number of unbranched alkanes of at least 4 members (excludes halogenated alkanes) is 2. The number of hydrogen-bond donors (Lipinski definition) is 0. The molecule has 0 bridgehead atoms. The first-order valence-corrected chi connectivity index (χ1v) is 4.90. The molecule has 0 unspecified atom stereocenters. The summed E-state index contributed by atoms with van der Waals surface area (Å²) in [4.78, 5) is 23.4. The van der Waals surface area contributed by atoms with Gasteiger partial charge in [0.25, 0.3) is 5.91 Å². The van der Waals surface area contributed by atoms with Gasteiger partial charge in [-0.05, 0) is 12.5 Å². The minimum atomic E-state index is -0.532. The van der Waals surface area contributed by atoms with Crippen molar-refractivity contribution >= 4 is 12.0 Å². The van der Waals surface area contributed by atoms with Crippen molar-refractivity contribution in [1.29, 1.82) is 0 Å². The molecule has 2 amide bonds. The number of imide groups is 1. The highest BCUT2D eigenvalue weighted by Crippen LogP contribution is 2.04. The monoisotopic (exact) mass is 197 g/mol. The summed E-state index contributed by atoms with van der Waals surface area (Å²) in [6.45, 7) is 2.77. The number of ether oxygens (including phenoxy) is 1. The van der Waals surface area contributed by atoms with Crippen LogP contribution >= 0.6 is 0 Å². The third kappa shape index (κ3) is 2.87. The molecule has 1 heterocycles. The molecule has 0 atom stereocenters. The molecule has 1 aliphatic rings. The van der Waals surface area contributed by atoms with E-state index in [4.69, 9.17) is 0 Å². The molecule has 1 rings (SSSR count). The van der Waals surface area contributed by atoms with Gasteiger partial charge in [0.15, 0.2) is 0 Å². The Labute approximate surface area is 83.5 Å². The first-order chi connectivity index (χ1) is 6.75. The highest BCUT2D eigenvalue weighted by atomic mass is 16.6. The number of hydrogen-bond acceptors (Lipinski definition) is 3. The van der Waals surface area contributed by atoms with Crippen molar-refractivity contribution in [1.82, 2.24) is 4.90 Å². The Hall–Kier alpha value is -1.32. The molecule has 1 aliphatic heterocycles. The summed E-state index contributed by atoms with van der Waals surface area (Å²) in [6.07, 6.45) is 5.76. The quantitative estimate of drug-likeness (QED) is 0.509. The van der Waals surface area contributed by atoms with E-state index in [1.165, 1.54) is 6.08 Å². The van der Waals surface area contributed by atoms with Gasteiger partial charge in [0, 0.05) is 0 Å². The number of nitrogens with zero attached hydrogens (tertiary/aromatic N) is 1. The summed E-state index contributed by atoms with van der Waals surface area (Å²) in [7, 11) is 0. The van der Waals surface area contributed by atoms with Gasteiger partial charge >= 0.3 is 6.09 Å². The maximum absolute atomic E-state index is 11.4. The van der Waals surface area contributed by atoms with Crippen LogP contribution in [0.25, 0.3) is 0 Å². The van der Waals surface area contributed by atoms with E-state index >= 15 is 0 Å². The fourth-order valence-electron chi connectivity index (χ4n) is 1.19. The number of carbonyl (C=O) groups is 2. The van der Waals surface area contributed by atoms with E-state index in [1.54, 1.807) is 6.08 Å². The molecule has 0 spiro atoms. The topological polar surface area (TPSA) is 46.6 Å². The van der Waals surface area contributed by atoms with Gasteiger partial charge < -0.3 is 4.74 Å². The summed E-state index contributed by atoms with van der Waals surface area (Å²) in [6, 6.07) is 0. The van der Waals surface area contributed by atoms with Gasteiger partial charge in [0.2, 0.25) is 0 Å². The second-order valence-electron chi connectivity index (χ2n) is 3.15. The maximum atomic E-state index is 11.4. The molecule has 0 radical (unpaired) electrons. The highest BCUT2D eigenvalue weighted by Gasteiger charge is 2.26. The second kappa shape index (κ2) is 5.42. The smallest absolute Gasteiger partial charge is 0.416 e. The zero-order chi connectivity index (χ0) is 10.4. The average molecular weight is 197 g/mol. The fraction of sp³-hybridized carbons (Fsp3) is 0.600. The van der Waals surface area contributed by atoms with Gasteiger partial charge in [0.1, 0.15) is 6.61 Å². The molecule has 14 heavy (non-hydrogen) atoms. The molecule has 0 saturated carbocycles. The van der Waals surface area contributed by atoms with Gasteiger partial charge in [-0.15, -0.1) is 0 Å². The molecule has 0 aliphatic carbocycles. The number of amides is 2. The van der Waals surface area contributed by atoms with Crippen LogP contribution in [-0.4, -0.2) is 30.1 Å². The van der Waals surface area contributed by atoms with Gasteiger partial charge in [-0.2, -0.15) is 0 Å². The lowest BCUT2D eigenvalue weighted by Crippen LogP contribution is -2.29. The molecule has 0 aromatic rings. The lowest BCUT2D eigenvalue weighted by atomic mass is 10.2. The maximum Gasteiger partial charge on any atom is 0.416 e. The Morgan fingerprint density at radius 1 is 1.64 bits per heavy atom. The predicted octanol–water partition coefficient (Wildman–Crippen LogP) is 1.71. The molecule has 1 fully saturated rings. The number of rotatable bonds is 4. The first kappa shape index (κ1) is 10.8. The van der Waals surface area contributed by atoms with Crippen LogP contribution in [-0.2, 0) is 9.53 Å². The molecular formula is C10H15NO3. The second-order valence-corrected chi connectivity index (χ2v) is 3.15. The van der Waals surface area contributed by atoms with Crippen LogP contribution in [0.15, 0.2) is 12.2 Å². The van der Waals surface area contributed by atoms with Crippen molar-refractivity contribution in [3.63, 3.8) is 0 Å². The number of cyclic esters (lactones) is 1. The summed E-state index contributed by atoms with van der Waals surface area (Å²) < 4.78 is 4.65. The molecule has 0 aromatic carbocycles. The van der Waals surface area contributed by atoms with Crippen molar-refractivity contribution in [2.75, 3.05) is 13.2 Å². The summed E-state index contributed by atoms with van der Waals surface area (Å²) in [5, 5.41) is 0. The Morgan fingerprint density at radius 3 is 3.00 bits per heavy atom. The minimum Gasteiger partial charge on any atom is -0.447 e. The van der Waals surface area contributed by atoms with Crippen molar-refractivity contribution in [3.8, 4) is 0 Å². The number of carbonyl (C=O) groups excluding carboxylic acids is 2. The molecule has 1 saturated heterocycles. The van der Waals surface area contributed by atoms with Crippen molar-refractivity contribution in [2.45, 2.75) is 26.2 Å². The third-order valence-corrected chi connectivity index (χ3v) is 2.01. The first-order valence-electron chi connectivity index (χ1n) is 4.90. The average Bonchev–Trinajstić information content (AvgIpc) is 2.59. The van der Waals surface area contributed by atoms with Crippen LogP contribution in [0.1, 0.15) is 26.2 Å². The standard InChI is InChI=1S/C10H15NO3/c1-2-3-4-5-6-9(12)11-7-8-14-10(11)13/h5-6H,2-4,7-8H2,1H3/b6-5+. The normalized spacial score (nSPS) is 16.4. The van der Waals surface area contributed by atoms with E-state index in [2.05, 4.69) is 11.7 Å². The van der Waals surface area contributed by atoms with Crippen LogP contribution in [0, 0.1) is 0 Å². The Balaban J connectivity index is 2.34. The van der Waals surface area contributed by atoms with Crippen molar-refractivity contribution in [2.24, 2.45) is 0 Å². The van der Waals surface area contributed by atoms with Gasteiger partial charge in [-0.1, -0.05) is 25.8 Å². The minimum absolute atomic E-state index is 0.274. The van der Waals surface area contributed by atoms with Gasteiger partial charge in [-0.3, -0.25) is 4.79 Å². The van der Waals surface area contributed by atoms with Crippen LogP contribution < -0.4 is 0 Å². The van der Waals surface area contributed by atoms with Crippen LogP contribution in [0.5, 0.6) is 0 Å². The van der Waals surface area contributed by atoms with Crippen LogP contribution in [0.4, 0.5) is 4.79 Å². The van der Waals surface area contributed by atoms with Crippen LogP contribution in [0.2, 0.25) is 0 Å². The predicted molar refractivity (Wildman–Crippen MR) is 51.7 cm³/mol.